The van der Waals surface area contributed by atoms with Crippen LogP contribution in [0.3, 0.4) is 0 Å². The zero-order chi connectivity index (χ0) is 10.4. The minimum Gasteiger partial charge on any atom is -0.326 e. The molecule has 1 heteroatoms. The predicted molar refractivity (Wildman–Crippen MR) is 63.2 cm³/mol. The fourth-order valence-corrected chi connectivity index (χ4v) is 2.07. The van der Waals surface area contributed by atoms with Gasteiger partial charge < -0.3 is 5.73 Å². The highest BCUT2D eigenvalue weighted by Crippen LogP contribution is 2.24. The van der Waals surface area contributed by atoms with Crippen molar-refractivity contribution >= 4 is 0 Å². The van der Waals surface area contributed by atoms with Gasteiger partial charge in [-0.1, -0.05) is 31.4 Å². The van der Waals surface area contributed by atoms with Gasteiger partial charge in [0, 0.05) is 5.54 Å². The Hall–Kier alpha value is -0.300. The van der Waals surface area contributed by atoms with Crippen molar-refractivity contribution in [2.75, 3.05) is 0 Å². The molecule has 1 fully saturated rings. The molecule has 1 saturated carbocycles. The van der Waals surface area contributed by atoms with Crippen LogP contribution in [0.1, 0.15) is 58.8 Å². The van der Waals surface area contributed by atoms with Crippen molar-refractivity contribution in [2.45, 2.75) is 64.3 Å². The van der Waals surface area contributed by atoms with Crippen molar-refractivity contribution in [3.63, 3.8) is 0 Å². The van der Waals surface area contributed by atoms with Gasteiger partial charge in [0.25, 0.3) is 0 Å². The Kier molecular flexibility index (Phi) is 4.67. The lowest BCUT2D eigenvalue weighted by Crippen LogP contribution is -2.31. The molecule has 14 heavy (non-hydrogen) atoms. The molecule has 0 unspecified atom stereocenters. The maximum Gasteiger partial charge on any atom is 0.01000 e. The Balaban J connectivity index is 2.13. The second-order valence-electron chi connectivity index (χ2n) is 5.35. The van der Waals surface area contributed by atoms with Crippen LogP contribution in [0.2, 0.25) is 0 Å². The average Bonchev–Trinajstić information content (AvgIpc) is 2.13. The van der Waals surface area contributed by atoms with Gasteiger partial charge in [0.15, 0.2) is 0 Å². The van der Waals surface area contributed by atoms with Crippen LogP contribution < -0.4 is 5.73 Å². The summed E-state index contributed by atoms with van der Waals surface area (Å²) in [6.07, 6.45) is 14.1. The topological polar surface area (TPSA) is 26.0 Å². The molecule has 0 aromatic carbocycles. The first kappa shape index (κ1) is 11.8. The maximum absolute atomic E-state index is 5.92. The third-order valence-corrected chi connectivity index (χ3v) is 3.01. The third-order valence-electron chi connectivity index (χ3n) is 3.01. The van der Waals surface area contributed by atoms with E-state index in [9.17, 15) is 0 Å². The zero-order valence-electron chi connectivity index (χ0n) is 9.76. The molecule has 0 spiro atoms. The van der Waals surface area contributed by atoms with E-state index in [1.165, 1.54) is 32.1 Å². The van der Waals surface area contributed by atoms with Gasteiger partial charge in [0.05, 0.1) is 0 Å². The van der Waals surface area contributed by atoms with Gasteiger partial charge in [0.2, 0.25) is 0 Å². The van der Waals surface area contributed by atoms with E-state index in [-0.39, 0.29) is 5.54 Å². The van der Waals surface area contributed by atoms with E-state index in [4.69, 9.17) is 5.73 Å². The van der Waals surface area contributed by atoms with Crippen molar-refractivity contribution in [3.05, 3.63) is 12.2 Å². The Bertz CT molecular complexity index is 170. The molecule has 0 saturated heterocycles. The summed E-state index contributed by atoms with van der Waals surface area (Å²) in [7, 11) is 0. The van der Waals surface area contributed by atoms with Crippen LogP contribution in [0.5, 0.6) is 0 Å². The summed E-state index contributed by atoms with van der Waals surface area (Å²) < 4.78 is 0. The molecule has 1 rings (SSSR count). The van der Waals surface area contributed by atoms with Crippen molar-refractivity contribution in [1.82, 2.24) is 0 Å². The molecule has 0 radical (unpaired) electrons. The van der Waals surface area contributed by atoms with E-state index in [0.29, 0.717) is 0 Å². The highest BCUT2D eigenvalue weighted by atomic mass is 14.7. The van der Waals surface area contributed by atoms with Gasteiger partial charge >= 0.3 is 0 Å². The SMILES string of the molecule is CC(C)(N)CC/C=C/C1CCCCC1. The second-order valence-corrected chi connectivity index (χ2v) is 5.35. The van der Waals surface area contributed by atoms with E-state index in [1.54, 1.807) is 0 Å². The molecule has 1 aliphatic carbocycles. The number of nitrogens with two attached hydrogens (primary N) is 1. The second kappa shape index (κ2) is 5.55. The van der Waals surface area contributed by atoms with Crippen LogP contribution in [0.4, 0.5) is 0 Å². The third kappa shape index (κ3) is 5.43. The van der Waals surface area contributed by atoms with Crippen LogP contribution in [-0.4, -0.2) is 5.54 Å². The average molecular weight is 195 g/mol. The molecule has 0 bridgehead atoms. The van der Waals surface area contributed by atoms with Gasteiger partial charge in [-0.2, -0.15) is 0 Å². The largest absolute Gasteiger partial charge is 0.326 e. The predicted octanol–water partition coefficient (Wildman–Crippen LogP) is 3.64. The first-order valence-corrected chi connectivity index (χ1v) is 6.03. The molecule has 1 aliphatic rings. The van der Waals surface area contributed by atoms with Crippen molar-refractivity contribution < 1.29 is 0 Å². The van der Waals surface area contributed by atoms with Gasteiger partial charge in [-0.05, 0) is 45.4 Å². The minimum absolute atomic E-state index is 0.00307. The lowest BCUT2D eigenvalue weighted by Gasteiger charge is -2.19. The van der Waals surface area contributed by atoms with Crippen LogP contribution in [-0.2, 0) is 0 Å². The van der Waals surface area contributed by atoms with E-state index in [1.807, 2.05) is 0 Å². The first-order chi connectivity index (χ1) is 6.58. The maximum atomic E-state index is 5.92. The lowest BCUT2D eigenvalue weighted by atomic mass is 9.88. The van der Waals surface area contributed by atoms with E-state index in [2.05, 4.69) is 26.0 Å². The summed E-state index contributed by atoms with van der Waals surface area (Å²) in [5, 5.41) is 0. The summed E-state index contributed by atoms with van der Waals surface area (Å²) in [6, 6.07) is 0. The van der Waals surface area contributed by atoms with Gasteiger partial charge in [-0.25, -0.2) is 0 Å². The standard InChI is InChI=1S/C13H25N/c1-13(2,14)11-7-6-10-12-8-4-3-5-9-12/h6,10,12H,3-5,7-9,11,14H2,1-2H3/b10-6+. The van der Waals surface area contributed by atoms with Crippen molar-refractivity contribution in [2.24, 2.45) is 11.7 Å². The molecule has 1 nitrogen and oxygen atoms in total. The molecule has 2 N–H and O–H groups in total. The fraction of sp³-hybridized carbons (Fsp3) is 0.846. The molecule has 0 aliphatic heterocycles. The quantitative estimate of drug-likeness (QED) is 0.681. The highest BCUT2D eigenvalue weighted by molar-refractivity contribution is 4.91. The van der Waals surface area contributed by atoms with E-state index < -0.39 is 0 Å². The number of rotatable bonds is 4. The van der Waals surface area contributed by atoms with Crippen LogP contribution in [0.15, 0.2) is 12.2 Å². The number of hydrogen-bond donors (Lipinski definition) is 1. The van der Waals surface area contributed by atoms with Crippen molar-refractivity contribution in [3.8, 4) is 0 Å². The molecule has 82 valence electrons. The Morgan fingerprint density at radius 3 is 2.43 bits per heavy atom. The molecule has 0 aromatic heterocycles. The van der Waals surface area contributed by atoms with Crippen LogP contribution >= 0.6 is 0 Å². The number of allylic oxidation sites excluding steroid dienone is 2. The Morgan fingerprint density at radius 1 is 1.21 bits per heavy atom. The Labute approximate surface area is 88.8 Å². The highest BCUT2D eigenvalue weighted by Gasteiger charge is 2.10. The minimum atomic E-state index is -0.00307. The lowest BCUT2D eigenvalue weighted by molar-refractivity contribution is 0.417. The molecule has 0 aromatic rings. The van der Waals surface area contributed by atoms with E-state index >= 15 is 0 Å². The number of hydrogen-bond acceptors (Lipinski definition) is 1. The van der Waals surface area contributed by atoms with E-state index in [0.717, 1.165) is 18.8 Å². The van der Waals surface area contributed by atoms with Gasteiger partial charge in [-0.3, -0.25) is 0 Å². The molecule has 0 heterocycles. The van der Waals surface area contributed by atoms with Crippen LogP contribution in [0, 0.1) is 5.92 Å². The smallest absolute Gasteiger partial charge is 0.01000 e. The zero-order valence-corrected chi connectivity index (χ0v) is 9.76. The molecule has 0 amide bonds. The Morgan fingerprint density at radius 2 is 1.86 bits per heavy atom. The van der Waals surface area contributed by atoms with Gasteiger partial charge in [0.1, 0.15) is 0 Å². The summed E-state index contributed by atoms with van der Waals surface area (Å²) in [5.74, 6) is 0.865. The van der Waals surface area contributed by atoms with Crippen LogP contribution in [0.25, 0.3) is 0 Å². The summed E-state index contributed by atoms with van der Waals surface area (Å²) in [6.45, 7) is 4.20. The molecular weight excluding hydrogens is 170 g/mol. The molecular formula is C13H25N. The summed E-state index contributed by atoms with van der Waals surface area (Å²) >= 11 is 0. The molecule has 0 atom stereocenters. The normalized spacial score (nSPS) is 20.5. The van der Waals surface area contributed by atoms with Gasteiger partial charge in [-0.15, -0.1) is 0 Å². The summed E-state index contributed by atoms with van der Waals surface area (Å²) in [5.41, 5.74) is 5.92. The first-order valence-electron chi connectivity index (χ1n) is 6.03. The summed E-state index contributed by atoms with van der Waals surface area (Å²) in [4.78, 5) is 0. The fourth-order valence-electron chi connectivity index (χ4n) is 2.07. The van der Waals surface area contributed by atoms with Crippen molar-refractivity contribution in [1.29, 1.82) is 0 Å². The monoisotopic (exact) mass is 195 g/mol.